The molecule has 338 valence electrons. The standard InChI is InChI=1S/C69H57N/c1-67(2)61-25-12-9-22-56(61)60-24-15-23-59(66(60)67)53-19-8-7-18-52(53)45-28-30-49(31-29-45)70(50-32-34-57-54-20-10-13-26-62(54)68(3,64(57)41-50)46-16-5-4-6-17-46)51-33-35-58-55-21-11-14-27-63(55)69(65(58)42-51)47-37-43-36-44(39-47)40-48(69)38-43/h4-35,41-44,47-48H,36-40H2,1-3H3. The number of rotatable bonds is 6. The summed E-state index contributed by atoms with van der Waals surface area (Å²) in [7, 11) is 0. The van der Waals surface area contributed by atoms with E-state index >= 15 is 0 Å². The van der Waals surface area contributed by atoms with Crippen molar-refractivity contribution in [1.29, 1.82) is 0 Å². The van der Waals surface area contributed by atoms with E-state index in [1.165, 1.54) is 133 Å². The highest BCUT2D eigenvalue weighted by molar-refractivity contribution is 5.94. The van der Waals surface area contributed by atoms with Crippen molar-refractivity contribution >= 4 is 17.1 Å². The second-order valence-corrected chi connectivity index (χ2v) is 22.5. The highest BCUT2D eigenvalue weighted by Gasteiger charge is 2.61. The summed E-state index contributed by atoms with van der Waals surface area (Å²) >= 11 is 0. The molecule has 0 radical (unpaired) electrons. The van der Waals surface area contributed by atoms with Crippen molar-refractivity contribution in [3.05, 3.63) is 245 Å². The van der Waals surface area contributed by atoms with Gasteiger partial charge in [-0.25, -0.2) is 0 Å². The number of hydrogen-bond acceptors (Lipinski definition) is 1. The van der Waals surface area contributed by atoms with E-state index in [-0.39, 0.29) is 16.2 Å². The fraction of sp³-hybridized carbons (Fsp3) is 0.217. The average molecular weight is 900 g/mol. The van der Waals surface area contributed by atoms with Gasteiger partial charge in [-0.1, -0.05) is 184 Å². The number of benzene rings is 9. The lowest BCUT2D eigenvalue weighted by Crippen LogP contribution is -2.55. The molecule has 0 saturated heterocycles. The summed E-state index contributed by atoms with van der Waals surface area (Å²) in [5, 5.41) is 0. The van der Waals surface area contributed by atoms with Crippen molar-refractivity contribution in [1.82, 2.24) is 0 Å². The predicted molar refractivity (Wildman–Crippen MR) is 290 cm³/mol. The topological polar surface area (TPSA) is 3.24 Å². The molecule has 7 aliphatic carbocycles. The number of anilines is 3. The summed E-state index contributed by atoms with van der Waals surface area (Å²) in [4.78, 5) is 2.58. The molecule has 4 bridgehead atoms. The maximum Gasteiger partial charge on any atom is 0.0465 e. The molecule has 1 unspecified atom stereocenters. The van der Waals surface area contributed by atoms with Crippen LogP contribution in [0.5, 0.6) is 0 Å². The SMILES string of the molecule is CC1(C)c2ccccc2-c2cccc(-c3ccccc3-c3ccc(N(c4ccc5c(c4)C(C)(c4ccccc4)c4ccccc4-5)c4ccc5c(c4)C4(c6ccccc6-5)C5CC6CC(C5)CC4C6)cc3)c21. The smallest absolute Gasteiger partial charge is 0.0465 e. The number of nitrogens with zero attached hydrogens (tertiary/aromatic N) is 1. The first-order chi connectivity index (χ1) is 34.3. The van der Waals surface area contributed by atoms with Gasteiger partial charge >= 0.3 is 0 Å². The molecular weight excluding hydrogens is 843 g/mol. The van der Waals surface area contributed by atoms with Gasteiger partial charge in [-0.2, -0.15) is 0 Å². The monoisotopic (exact) mass is 899 g/mol. The second-order valence-electron chi connectivity index (χ2n) is 22.5. The summed E-state index contributed by atoms with van der Waals surface area (Å²) in [6.45, 7) is 7.24. The fourth-order valence-corrected chi connectivity index (χ4v) is 16.3. The Hall–Kier alpha value is -7.22. The second kappa shape index (κ2) is 14.7. The maximum absolute atomic E-state index is 2.66. The zero-order valence-electron chi connectivity index (χ0n) is 40.4. The molecule has 0 aromatic heterocycles. The van der Waals surface area contributed by atoms with Gasteiger partial charge in [0.2, 0.25) is 0 Å². The molecule has 70 heavy (non-hydrogen) atoms. The van der Waals surface area contributed by atoms with E-state index in [0.29, 0.717) is 11.8 Å². The molecule has 1 atom stereocenters. The molecule has 16 rings (SSSR count). The van der Waals surface area contributed by atoms with Gasteiger partial charge in [0.25, 0.3) is 0 Å². The van der Waals surface area contributed by atoms with Crippen LogP contribution in [-0.4, -0.2) is 0 Å². The maximum atomic E-state index is 2.66. The van der Waals surface area contributed by atoms with Crippen LogP contribution in [0.1, 0.15) is 91.8 Å². The summed E-state index contributed by atoms with van der Waals surface area (Å²) in [6.07, 6.45) is 6.94. The molecule has 4 saturated carbocycles. The third-order valence-corrected chi connectivity index (χ3v) is 18.9. The molecule has 9 aromatic carbocycles. The van der Waals surface area contributed by atoms with E-state index < -0.39 is 0 Å². The Labute approximate surface area is 413 Å². The predicted octanol–water partition coefficient (Wildman–Crippen LogP) is 17.9. The van der Waals surface area contributed by atoms with Gasteiger partial charge in [0.1, 0.15) is 0 Å². The molecule has 1 heteroatoms. The van der Waals surface area contributed by atoms with Gasteiger partial charge in [0.15, 0.2) is 0 Å². The van der Waals surface area contributed by atoms with Gasteiger partial charge in [0.05, 0.1) is 0 Å². The van der Waals surface area contributed by atoms with E-state index in [2.05, 4.69) is 232 Å². The zero-order valence-corrected chi connectivity index (χ0v) is 40.4. The van der Waals surface area contributed by atoms with E-state index in [1.807, 2.05) is 0 Å². The van der Waals surface area contributed by atoms with Crippen molar-refractivity contribution in [3.8, 4) is 55.6 Å². The van der Waals surface area contributed by atoms with E-state index in [1.54, 1.807) is 11.1 Å². The van der Waals surface area contributed by atoms with Crippen molar-refractivity contribution in [2.24, 2.45) is 23.7 Å². The Morgan fingerprint density at radius 2 is 0.800 bits per heavy atom. The number of hydrogen-bond donors (Lipinski definition) is 0. The van der Waals surface area contributed by atoms with E-state index in [4.69, 9.17) is 0 Å². The van der Waals surface area contributed by atoms with Crippen LogP contribution in [0.4, 0.5) is 17.1 Å². The average Bonchev–Trinajstić information content (AvgIpc) is 3.94. The third-order valence-electron chi connectivity index (χ3n) is 18.9. The lowest BCUT2D eigenvalue weighted by atomic mass is 9.43. The Morgan fingerprint density at radius 3 is 1.46 bits per heavy atom. The molecular formula is C69H57N. The normalized spacial score (nSPS) is 24.2. The van der Waals surface area contributed by atoms with Crippen LogP contribution in [0.2, 0.25) is 0 Å². The lowest BCUT2D eigenvalue weighted by molar-refractivity contribution is -0.0399. The van der Waals surface area contributed by atoms with Gasteiger partial charge in [-0.3, -0.25) is 0 Å². The van der Waals surface area contributed by atoms with Crippen LogP contribution in [-0.2, 0) is 16.2 Å². The quantitative estimate of drug-likeness (QED) is 0.161. The Bertz CT molecular complexity index is 3580. The molecule has 4 fully saturated rings. The largest absolute Gasteiger partial charge is 0.310 e. The van der Waals surface area contributed by atoms with Crippen molar-refractivity contribution in [2.75, 3.05) is 4.90 Å². The van der Waals surface area contributed by atoms with Crippen molar-refractivity contribution in [3.63, 3.8) is 0 Å². The van der Waals surface area contributed by atoms with Crippen molar-refractivity contribution in [2.45, 2.75) is 69.1 Å². The molecule has 1 nitrogen and oxygen atoms in total. The minimum atomic E-state index is -0.306. The lowest BCUT2D eigenvalue weighted by Gasteiger charge is -2.61. The van der Waals surface area contributed by atoms with Crippen LogP contribution in [0.3, 0.4) is 0 Å². The minimum absolute atomic E-state index is 0.0770. The summed E-state index contributed by atoms with van der Waals surface area (Å²) in [6, 6.07) is 79.2. The fourth-order valence-electron chi connectivity index (χ4n) is 16.3. The van der Waals surface area contributed by atoms with Gasteiger partial charge in [-0.05, 0) is 194 Å². The summed E-state index contributed by atoms with van der Waals surface area (Å²) < 4.78 is 0. The Morgan fingerprint density at radius 1 is 0.343 bits per heavy atom. The van der Waals surface area contributed by atoms with E-state index in [0.717, 1.165) is 11.8 Å². The molecule has 1 spiro atoms. The van der Waals surface area contributed by atoms with Gasteiger partial charge in [0, 0.05) is 33.3 Å². The zero-order chi connectivity index (χ0) is 46.5. The Balaban J connectivity index is 0.905. The molecule has 0 N–H and O–H groups in total. The van der Waals surface area contributed by atoms with Crippen LogP contribution < -0.4 is 4.90 Å². The Kier molecular flexibility index (Phi) is 8.51. The number of fused-ring (bicyclic) bond motifs is 9. The van der Waals surface area contributed by atoms with E-state index in [9.17, 15) is 0 Å². The first kappa shape index (κ1) is 40.6. The molecule has 0 heterocycles. The van der Waals surface area contributed by atoms with Gasteiger partial charge in [-0.15, -0.1) is 0 Å². The van der Waals surface area contributed by atoms with Crippen molar-refractivity contribution < 1.29 is 0 Å². The highest BCUT2D eigenvalue weighted by atomic mass is 15.1. The first-order valence-electron chi connectivity index (χ1n) is 26.1. The molecule has 0 amide bonds. The highest BCUT2D eigenvalue weighted by Crippen LogP contribution is 2.70. The molecule has 9 aromatic rings. The van der Waals surface area contributed by atoms with Crippen LogP contribution in [0, 0.1) is 23.7 Å². The molecule has 7 aliphatic rings. The van der Waals surface area contributed by atoms with Crippen LogP contribution in [0.15, 0.2) is 206 Å². The van der Waals surface area contributed by atoms with Crippen LogP contribution >= 0.6 is 0 Å². The minimum Gasteiger partial charge on any atom is -0.310 e. The first-order valence-corrected chi connectivity index (χ1v) is 26.1. The van der Waals surface area contributed by atoms with Gasteiger partial charge < -0.3 is 4.90 Å². The molecule has 0 aliphatic heterocycles. The summed E-state index contributed by atoms with van der Waals surface area (Å²) in [5.41, 5.74) is 26.7. The van der Waals surface area contributed by atoms with Crippen LogP contribution in [0.25, 0.3) is 55.6 Å². The third kappa shape index (κ3) is 5.39. The summed E-state index contributed by atoms with van der Waals surface area (Å²) in [5.74, 6) is 3.19.